The van der Waals surface area contributed by atoms with Gasteiger partial charge in [0.1, 0.15) is 5.75 Å². The van der Waals surface area contributed by atoms with E-state index in [-0.39, 0.29) is 5.90 Å². The fourth-order valence-corrected chi connectivity index (χ4v) is 5.53. The van der Waals surface area contributed by atoms with E-state index in [1.165, 1.54) is 135 Å². The quantitative estimate of drug-likeness (QED) is 0.0435. The number of hydrogen-bond acceptors (Lipinski definition) is 3. The molecule has 0 heterocycles. The van der Waals surface area contributed by atoms with Crippen molar-refractivity contribution >= 4 is 12.0 Å². The molecule has 0 bridgehead atoms. The van der Waals surface area contributed by atoms with E-state index in [1.54, 1.807) is 13.2 Å². The number of rotatable bonds is 28. The Kier molecular flexibility index (Phi) is 23.5. The van der Waals surface area contributed by atoms with Gasteiger partial charge in [-0.05, 0) is 36.4 Å². The van der Waals surface area contributed by atoms with Gasteiger partial charge in [-0.1, -0.05) is 147 Å². The first-order valence-electron chi connectivity index (χ1n) is 17.3. The maximum Gasteiger partial charge on any atom is 0.118 e. The maximum absolute atomic E-state index is 12.0. The fourth-order valence-electron chi connectivity index (χ4n) is 5.53. The summed E-state index contributed by atoms with van der Waals surface area (Å²) in [5.41, 5.74) is 0.974. The van der Waals surface area contributed by atoms with Crippen molar-refractivity contribution in [1.82, 2.24) is 0 Å². The number of nitrogens with zero attached hydrogens (tertiary/aromatic N) is 2. The summed E-state index contributed by atoms with van der Waals surface area (Å²) in [6, 6.07) is 7.65. The molecule has 0 atom stereocenters. The molecule has 4 nitrogen and oxygen atoms in total. The van der Waals surface area contributed by atoms with E-state index >= 15 is 0 Å². The lowest BCUT2D eigenvalue weighted by molar-refractivity contribution is -0.890. The Morgan fingerprint density at radius 2 is 1.07 bits per heavy atom. The molecule has 1 aromatic rings. The predicted molar refractivity (Wildman–Crippen MR) is 179 cm³/mol. The molecule has 0 aliphatic heterocycles. The lowest BCUT2D eigenvalue weighted by Crippen LogP contribution is -2.41. The predicted octanol–water partition coefficient (Wildman–Crippen LogP) is 9.76. The van der Waals surface area contributed by atoms with Gasteiger partial charge < -0.3 is 19.3 Å². The fraction of sp³-hybridized carbons (Fsp3) is 0.757. The molecule has 41 heavy (non-hydrogen) atoms. The number of methoxy groups -OCH3 is 1. The lowest BCUT2D eigenvalue weighted by Gasteiger charge is -2.29. The summed E-state index contributed by atoms with van der Waals surface area (Å²) in [4.78, 5) is 4.20. The van der Waals surface area contributed by atoms with Crippen molar-refractivity contribution in [2.45, 2.75) is 142 Å². The summed E-state index contributed by atoms with van der Waals surface area (Å²) >= 11 is 0. The summed E-state index contributed by atoms with van der Waals surface area (Å²) in [5, 5.41) is 12.0. The maximum atomic E-state index is 12.0. The zero-order valence-corrected chi connectivity index (χ0v) is 27.6. The Bertz CT molecular complexity index is 770. The van der Waals surface area contributed by atoms with Crippen LogP contribution < -0.4 is 9.84 Å². The molecule has 0 saturated carbocycles. The normalized spacial score (nSPS) is 12.4. The average molecular weight is 571 g/mol. The van der Waals surface area contributed by atoms with E-state index < -0.39 is 0 Å². The zero-order chi connectivity index (χ0) is 29.9. The van der Waals surface area contributed by atoms with Gasteiger partial charge in [0.2, 0.25) is 0 Å². The SMILES string of the molecule is CCCCCCCCCCCCCCCCCCCCCC[N+](C)(C)CCCN=C([O-])/C=C/c1ccc(OC)cc1. The summed E-state index contributed by atoms with van der Waals surface area (Å²) in [7, 11) is 6.26. The number of quaternary nitrogens is 1. The molecule has 0 fully saturated rings. The summed E-state index contributed by atoms with van der Waals surface area (Å²) < 4.78 is 6.18. The van der Waals surface area contributed by atoms with Crippen molar-refractivity contribution in [1.29, 1.82) is 0 Å². The van der Waals surface area contributed by atoms with Crippen molar-refractivity contribution < 1.29 is 14.3 Å². The van der Waals surface area contributed by atoms with Crippen LogP contribution in [-0.2, 0) is 0 Å². The molecule has 236 valence electrons. The molecule has 0 spiro atoms. The molecule has 0 saturated heterocycles. The first-order chi connectivity index (χ1) is 20.0. The second-order valence-electron chi connectivity index (χ2n) is 12.8. The molecule has 1 aromatic carbocycles. The van der Waals surface area contributed by atoms with Crippen LogP contribution in [0.2, 0.25) is 0 Å². The third-order valence-electron chi connectivity index (χ3n) is 8.34. The second kappa shape index (κ2) is 25.9. The molecule has 4 heteroatoms. The van der Waals surface area contributed by atoms with E-state index in [0.29, 0.717) is 6.54 Å². The number of ether oxygens (including phenoxy) is 1. The zero-order valence-electron chi connectivity index (χ0n) is 27.6. The second-order valence-corrected chi connectivity index (χ2v) is 12.8. The van der Waals surface area contributed by atoms with Crippen molar-refractivity contribution in [2.24, 2.45) is 4.99 Å². The number of aliphatic imine (C=N–C) groups is 1. The molecule has 0 aliphatic rings. The molecule has 1 rings (SSSR count). The largest absolute Gasteiger partial charge is 0.859 e. The van der Waals surface area contributed by atoms with Crippen LogP contribution in [0.25, 0.3) is 6.08 Å². The highest BCUT2D eigenvalue weighted by atomic mass is 16.5. The van der Waals surface area contributed by atoms with Crippen LogP contribution in [0.3, 0.4) is 0 Å². The van der Waals surface area contributed by atoms with Crippen LogP contribution in [0.1, 0.15) is 147 Å². The molecule has 0 amide bonds. The van der Waals surface area contributed by atoms with Gasteiger partial charge >= 0.3 is 0 Å². The van der Waals surface area contributed by atoms with Gasteiger partial charge in [0.05, 0.1) is 34.3 Å². The summed E-state index contributed by atoms with van der Waals surface area (Å²) in [6.07, 6.45) is 32.8. The smallest absolute Gasteiger partial charge is 0.118 e. The highest BCUT2D eigenvalue weighted by molar-refractivity contribution is 5.88. The number of hydrogen-bond donors (Lipinski definition) is 0. The Morgan fingerprint density at radius 3 is 1.51 bits per heavy atom. The number of unbranched alkanes of at least 4 members (excludes halogenated alkanes) is 19. The van der Waals surface area contributed by atoms with Crippen LogP contribution in [-0.4, -0.2) is 51.2 Å². The van der Waals surface area contributed by atoms with Gasteiger partial charge in [-0.2, -0.15) is 0 Å². The molecular formula is C37H66N2O2. The van der Waals surface area contributed by atoms with Gasteiger partial charge in [-0.15, -0.1) is 0 Å². The van der Waals surface area contributed by atoms with Crippen LogP contribution >= 0.6 is 0 Å². The van der Waals surface area contributed by atoms with E-state index in [2.05, 4.69) is 26.0 Å². The third-order valence-corrected chi connectivity index (χ3v) is 8.34. The van der Waals surface area contributed by atoms with Crippen molar-refractivity contribution in [2.75, 3.05) is 40.8 Å². The minimum Gasteiger partial charge on any atom is -0.859 e. The minimum atomic E-state index is -0.153. The van der Waals surface area contributed by atoms with Crippen LogP contribution in [0.5, 0.6) is 5.75 Å². The molecule has 0 N–H and O–H groups in total. The van der Waals surface area contributed by atoms with E-state index in [1.807, 2.05) is 30.3 Å². The van der Waals surface area contributed by atoms with Crippen LogP contribution in [0.4, 0.5) is 0 Å². The Morgan fingerprint density at radius 1 is 0.659 bits per heavy atom. The van der Waals surface area contributed by atoms with Crippen molar-refractivity contribution in [3.05, 3.63) is 35.9 Å². The first kappa shape index (κ1) is 37.2. The minimum absolute atomic E-state index is 0.153. The monoisotopic (exact) mass is 571 g/mol. The standard InChI is InChI=1S/C37H66N2O2/c1-5-6-7-8-9-10-11-12-13-14-15-16-17-18-19-20-21-22-23-24-33-39(2,3)34-25-32-38-37(40)31-28-35-26-29-36(41-4)30-27-35/h26-31H,5-25,32-34H2,1-4H3/b31-28+. The molecule has 0 aliphatic carbocycles. The molecule has 0 unspecified atom stereocenters. The third kappa shape index (κ3) is 23.4. The van der Waals surface area contributed by atoms with Gasteiger partial charge in [-0.25, -0.2) is 0 Å². The van der Waals surface area contributed by atoms with E-state index in [0.717, 1.165) is 28.8 Å². The Balaban J connectivity index is 1.89. The summed E-state index contributed by atoms with van der Waals surface area (Å²) in [5.74, 6) is 0.662. The molecule has 0 radical (unpaired) electrons. The highest BCUT2D eigenvalue weighted by Crippen LogP contribution is 2.15. The topological polar surface area (TPSA) is 44.7 Å². The van der Waals surface area contributed by atoms with Crippen molar-refractivity contribution in [3.8, 4) is 5.75 Å². The first-order valence-corrected chi connectivity index (χ1v) is 17.3. The van der Waals surface area contributed by atoms with E-state index in [9.17, 15) is 5.11 Å². The highest BCUT2D eigenvalue weighted by Gasteiger charge is 2.13. The van der Waals surface area contributed by atoms with Gasteiger partial charge in [0, 0.05) is 13.0 Å². The molecular weight excluding hydrogens is 504 g/mol. The van der Waals surface area contributed by atoms with Crippen LogP contribution in [0, 0.1) is 0 Å². The molecule has 0 aromatic heterocycles. The summed E-state index contributed by atoms with van der Waals surface area (Å²) in [6.45, 7) is 5.18. The van der Waals surface area contributed by atoms with Gasteiger partial charge in [0.15, 0.2) is 0 Å². The number of benzene rings is 1. The Hall–Kier alpha value is -1.81. The average Bonchev–Trinajstić information content (AvgIpc) is 2.97. The van der Waals surface area contributed by atoms with E-state index in [4.69, 9.17) is 4.74 Å². The van der Waals surface area contributed by atoms with Crippen molar-refractivity contribution in [3.63, 3.8) is 0 Å². The van der Waals surface area contributed by atoms with Crippen LogP contribution in [0.15, 0.2) is 35.3 Å². The lowest BCUT2D eigenvalue weighted by atomic mass is 10.0. The van der Waals surface area contributed by atoms with Gasteiger partial charge in [0.25, 0.3) is 0 Å². The van der Waals surface area contributed by atoms with Gasteiger partial charge in [-0.3, -0.25) is 0 Å². The Labute approximate surface area is 255 Å².